The van der Waals surface area contributed by atoms with Gasteiger partial charge in [-0.05, 0) is 94.4 Å². The smallest absolute Gasteiger partial charge is 0.258 e. The molecule has 3 heterocycles. The van der Waals surface area contributed by atoms with Gasteiger partial charge in [-0.2, -0.15) is 0 Å². The van der Waals surface area contributed by atoms with Gasteiger partial charge in [0.1, 0.15) is 11.2 Å². The molecular weight excluding hydrogens is 625 g/mol. The maximum atomic E-state index is 13.2. The van der Waals surface area contributed by atoms with Crippen LogP contribution in [0.1, 0.15) is 50.8 Å². The zero-order valence-electron chi connectivity index (χ0n) is 27.0. The molecule has 0 fully saturated rings. The lowest BCUT2D eigenvalue weighted by molar-refractivity contribution is -0.137. The predicted octanol–water partition coefficient (Wildman–Crippen LogP) is 6.09. The van der Waals surface area contributed by atoms with Crippen LogP contribution in [-0.2, 0) is 16.1 Å². The van der Waals surface area contributed by atoms with Crippen molar-refractivity contribution >= 4 is 58.8 Å². The highest BCUT2D eigenvalue weighted by atomic mass is 35.5. The van der Waals surface area contributed by atoms with E-state index in [0.717, 1.165) is 34.7 Å². The largest absolute Gasteiger partial charge is 0.493 e. The van der Waals surface area contributed by atoms with E-state index in [0.29, 0.717) is 43.4 Å². The fourth-order valence-corrected chi connectivity index (χ4v) is 5.83. The summed E-state index contributed by atoms with van der Waals surface area (Å²) in [5.74, 6) is 0.187. The van der Waals surface area contributed by atoms with Crippen LogP contribution in [0.15, 0.2) is 78.0 Å². The van der Waals surface area contributed by atoms with Gasteiger partial charge in [0.15, 0.2) is 0 Å². The molecule has 5 rings (SSSR count). The number of ether oxygens (including phenoxy) is 1. The van der Waals surface area contributed by atoms with Crippen molar-refractivity contribution in [3.63, 3.8) is 0 Å². The number of hydrogen-bond acceptors (Lipinski definition) is 6. The number of carbonyl (C=O) groups excluding carboxylic acids is 2. The minimum absolute atomic E-state index is 0. The van der Waals surface area contributed by atoms with Gasteiger partial charge in [0.25, 0.3) is 5.56 Å². The molecule has 0 saturated heterocycles. The number of nitrogens with zero attached hydrogens (tertiary/aromatic N) is 4. The average molecular weight is 669 g/mol. The summed E-state index contributed by atoms with van der Waals surface area (Å²) in [5, 5.41) is 5.33. The van der Waals surface area contributed by atoms with Gasteiger partial charge in [0, 0.05) is 56.2 Å². The number of rotatable bonds is 11. The molecule has 2 amide bonds. The third-order valence-corrected chi connectivity index (χ3v) is 8.42. The van der Waals surface area contributed by atoms with Gasteiger partial charge in [-0.15, -0.1) is 24.8 Å². The molecule has 9 nitrogen and oxygen atoms in total. The number of anilines is 2. The summed E-state index contributed by atoms with van der Waals surface area (Å²) in [4.78, 5) is 46.8. The number of aryl methyl sites for hydroxylation is 2. The number of pyridine rings is 2. The Bertz CT molecular complexity index is 1730. The van der Waals surface area contributed by atoms with Crippen molar-refractivity contribution in [3.05, 3.63) is 94.7 Å². The topological polar surface area (TPSA) is 96.8 Å². The number of nitrogens with one attached hydrogen (secondary N) is 1. The Balaban J connectivity index is 0.00000288. The number of hydrogen-bond donors (Lipinski definition) is 1. The first kappa shape index (κ1) is 36.5. The highest BCUT2D eigenvalue weighted by molar-refractivity contribution is 6.20. The molecule has 1 aliphatic heterocycles. The van der Waals surface area contributed by atoms with E-state index in [2.05, 4.69) is 10.3 Å². The van der Waals surface area contributed by atoms with E-state index in [1.807, 2.05) is 74.6 Å². The maximum absolute atomic E-state index is 13.2. The van der Waals surface area contributed by atoms with Gasteiger partial charge < -0.3 is 24.4 Å². The number of carbonyl (C=O) groups is 2. The van der Waals surface area contributed by atoms with Crippen molar-refractivity contribution < 1.29 is 14.3 Å². The van der Waals surface area contributed by atoms with Crippen molar-refractivity contribution in [2.24, 2.45) is 5.41 Å². The minimum Gasteiger partial charge on any atom is -0.493 e. The summed E-state index contributed by atoms with van der Waals surface area (Å²) >= 11 is 0. The standard InChI is InChI=1S/C35H41N5O4.2ClH/c1-6-40-30-11-10-27(23-31(30)38(5)33(42)35(3,4)34(40)43)44-21-7-16-37-29(26-12-17-36-18-13-26)15-20-39-19-14-25-9-8-24(2)22-28(25)32(39)41;;/h8-14,17-19,22-23,29,37H,6-7,15-16,20-21H2,1-5H3;2*1H. The molecule has 1 aliphatic rings. The number of benzene rings is 2. The lowest BCUT2D eigenvalue weighted by atomic mass is 9.90. The first-order chi connectivity index (χ1) is 21.1. The second-order valence-corrected chi connectivity index (χ2v) is 11.9. The van der Waals surface area contributed by atoms with Gasteiger partial charge in [0.05, 0.1) is 18.0 Å². The molecule has 0 bridgehead atoms. The fraction of sp³-hybridized carbons (Fsp3) is 0.371. The molecule has 11 heteroatoms. The molecule has 0 radical (unpaired) electrons. The van der Waals surface area contributed by atoms with E-state index in [-0.39, 0.29) is 48.2 Å². The first-order valence-corrected chi connectivity index (χ1v) is 15.2. The highest BCUT2D eigenvalue weighted by Gasteiger charge is 2.45. The molecule has 0 spiro atoms. The third kappa shape index (κ3) is 7.54. The number of amides is 2. The molecule has 4 aromatic rings. The average Bonchev–Trinajstić information content (AvgIpc) is 3.08. The van der Waals surface area contributed by atoms with Gasteiger partial charge in [0.2, 0.25) is 11.8 Å². The monoisotopic (exact) mass is 667 g/mol. The van der Waals surface area contributed by atoms with Crippen molar-refractivity contribution in [1.82, 2.24) is 14.9 Å². The molecule has 1 unspecified atom stereocenters. The quantitative estimate of drug-likeness (QED) is 0.154. The van der Waals surface area contributed by atoms with Crippen LogP contribution in [0.3, 0.4) is 0 Å². The maximum Gasteiger partial charge on any atom is 0.258 e. The van der Waals surface area contributed by atoms with E-state index in [9.17, 15) is 14.4 Å². The Labute approximate surface area is 282 Å². The Morgan fingerprint density at radius 2 is 1.67 bits per heavy atom. The molecular formula is C35H43Cl2N5O4. The van der Waals surface area contributed by atoms with Crippen LogP contribution in [0.2, 0.25) is 0 Å². The highest BCUT2D eigenvalue weighted by Crippen LogP contribution is 2.40. The Hall–Kier alpha value is -3.92. The Kier molecular flexibility index (Phi) is 12.4. The van der Waals surface area contributed by atoms with E-state index < -0.39 is 5.41 Å². The molecule has 0 aliphatic carbocycles. The molecule has 1 atom stereocenters. The van der Waals surface area contributed by atoms with Gasteiger partial charge >= 0.3 is 0 Å². The second kappa shape index (κ2) is 15.6. The van der Waals surface area contributed by atoms with Gasteiger partial charge in [-0.1, -0.05) is 17.7 Å². The summed E-state index contributed by atoms with van der Waals surface area (Å²) in [5.41, 5.74) is 2.41. The summed E-state index contributed by atoms with van der Waals surface area (Å²) in [6, 6.07) is 17.5. The van der Waals surface area contributed by atoms with Crippen LogP contribution >= 0.6 is 24.8 Å². The van der Waals surface area contributed by atoms with Gasteiger partial charge in [-0.25, -0.2) is 0 Å². The van der Waals surface area contributed by atoms with E-state index >= 15 is 0 Å². The van der Waals surface area contributed by atoms with Crippen molar-refractivity contribution in [1.29, 1.82) is 0 Å². The predicted molar refractivity (Wildman–Crippen MR) is 189 cm³/mol. The summed E-state index contributed by atoms with van der Waals surface area (Å²) < 4.78 is 7.88. The number of aromatic nitrogens is 2. The molecule has 2 aromatic heterocycles. The molecule has 2 aromatic carbocycles. The molecule has 246 valence electrons. The molecule has 46 heavy (non-hydrogen) atoms. The molecule has 0 saturated carbocycles. The summed E-state index contributed by atoms with van der Waals surface area (Å²) in [6.45, 7) is 9.47. The minimum atomic E-state index is -1.15. The van der Waals surface area contributed by atoms with E-state index in [4.69, 9.17) is 4.74 Å². The van der Waals surface area contributed by atoms with Crippen LogP contribution in [0.4, 0.5) is 11.4 Å². The zero-order valence-corrected chi connectivity index (χ0v) is 28.6. The third-order valence-electron chi connectivity index (χ3n) is 8.42. The van der Waals surface area contributed by atoms with Gasteiger partial charge in [-0.3, -0.25) is 19.4 Å². The van der Waals surface area contributed by atoms with E-state index in [1.54, 1.807) is 47.7 Å². The van der Waals surface area contributed by atoms with Crippen LogP contribution in [-0.4, -0.2) is 48.1 Å². The van der Waals surface area contributed by atoms with Crippen LogP contribution in [0.5, 0.6) is 5.75 Å². The van der Waals surface area contributed by atoms with Crippen molar-refractivity contribution in [2.75, 3.05) is 36.5 Å². The number of halogens is 2. The van der Waals surface area contributed by atoms with Crippen LogP contribution in [0.25, 0.3) is 10.8 Å². The summed E-state index contributed by atoms with van der Waals surface area (Å²) in [7, 11) is 1.70. The van der Waals surface area contributed by atoms with Crippen LogP contribution in [0, 0.1) is 12.3 Å². The van der Waals surface area contributed by atoms with Crippen molar-refractivity contribution in [2.45, 2.75) is 53.1 Å². The zero-order chi connectivity index (χ0) is 31.4. The first-order valence-electron chi connectivity index (χ1n) is 15.2. The fourth-order valence-electron chi connectivity index (χ4n) is 5.83. The normalized spacial score (nSPS) is 14.6. The summed E-state index contributed by atoms with van der Waals surface area (Å²) in [6.07, 6.45) is 6.92. The van der Waals surface area contributed by atoms with Crippen molar-refractivity contribution in [3.8, 4) is 5.75 Å². The second-order valence-electron chi connectivity index (χ2n) is 11.9. The Morgan fingerprint density at radius 3 is 2.39 bits per heavy atom. The molecule has 1 N–H and O–H groups in total. The van der Waals surface area contributed by atoms with E-state index in [1.165, 1.54) is 0 Å². The van der Waals surface area contributed by atoms with Crippen LogP contribution < -0.4 is 25.4 Å². The Morgan fingerprint density at radius 1 is 0.935 bits per heavy atom. The number of fused-ring (bicyclic) bond motifs is 2. The lowest BCUT2D eigenvalue weighted by Gasteiger charge is -2.27. The lowest BCUT2D eigenvalue weighted by Crippen LogP contribution is -2.47. The SMILES string of the molecule is CCN1C(=O)C(C)(C)C(=O)N(C)c2cc(OCCCNC(CCn3ccc4ccc(C)cc4c3=O)c3ccncc3)ccc21.Cl.Cl.